The molecule has 0 saturated carbocycles. The molecule has 1 aromatic rings. The van der Waals surface area contributed by atoms with Gasteiger partial charge < -0.3 is 9.84 Å². The van der Waals surface area contributed by atoms with Crippen molar-refractivity contribution in [3.8, 4) is 5.75 Å². The predicted octanol–water partition coefficient (Wildman–Crippen LogP) is 3.30. The first-order valence-electron chi connectivity index (χ1n) is 5.67. The maximum atomic E-state index is 12.6. The molecule has 0 fully saturated rings. The highest BCUT2D eigenvalue weighted by atomic mass is 19.3. The van der Waals surface area contributed by atoms with Crippen LogP contribution in [0.3, 0.4) is 0 Å². The number of carboxylic acids is 1. The highest BCUT2D eigenvalue weighted by Gasteiger charge is 2.22. The molecule has 1 aromatic carbocycles. The summed E-state index contributed by atoms with van der Waals surface area (Å²) in [5.41, 5.74) is 0.639. The number of halogens is 2. The number of carbonyl (C=O) groups is 1. The zero-order valence-corrected chi connectivity index (χ0v) is 10.3. The van der Waals surface area contributed by atoms with Gasteiger partial charge in [-0.15, -0.1) is 0 Å². The molecule has 3 nitrogen and oxygen atoms in total. The Hall–Kier alpha value is -1.65. The van der Waals surface area contributed by atoms with Gasteiger partial charge in [-0.2, -0.15) is 0 Å². The quantitative estimate of drug-likeness (QED) is 0.851. The minimum Gasteiger partial charge on any atom is -0.487 e. The van der Waals surface area contributed by atoms with E-state index in [1.54, 1.807) is 19.1 Å². The minimum atomic E-state index is -2.88. The first-order valence-corrected chi connectivity index (χ1v) is 5.67. The van der Waals surface area contributed by atoms with Crippen molar-refractivity contribution in [2.24, 2.45) is 0 Å². The summed E-state index contributed by atoms with van der Waals surface area (Å²) < 4.78 is 30.0. The number of hydrogen-bond donors (Lipinski definition) is 1. The van der Waals surface area contributed by atoms with Gasteiger partial charge in [0.05, 0.1) is 5.92 Å². The molecule has 1 atom stereocenters. The molecule has 0 radical (unpaired) electrons. The van der Waals surface area contributed by atoms with E-state index in [1.807, 2.05) is 0 Å². The highest BCUT2D eigenvalue weighted by Crippen LogP contribution is 2.23. The highest BCUT2D eigenvalue weighted by molar-refractivity contribution is 5.76. The van der Waals surface area contributed by atoms with Crippen molar-refractivity contribution >= 4 is 5.97 Å². The van der Waals surface area contributed by atoms with Crippen LogP contribution in [-0.4, -0.2) is 23.6 Å². The molecule has 0 saturated heterocycles. The number of hydrogen-bond acceptors (Lipinski definition) is 2. The lowest BCUT2D eigenvalue weighted by Crippen LogP contribution is -2.20. The summed E-state index contributed by atoms with van der Waals surface area (Å²) in [6, 6.07) is 6.19. The van der Waals surface area contributed by atoms with E-state index in [4.69, 9.17) is 9.84 Å². The van der Waals surface area contributed by atoms with Gasteiger partial charge in [-0.3, -0.25) is 4.79 Å². The number of rotatable bonds is 6. The van der Waals surface area contributed by atoms with Crippen LogP contribution in [-0.2, 0) is 4.79 Å². The summed E-state index contributed by atoms with van der Waals surface area (Å²) in [5, 5.41) is 8.98. The lowest BCUT2D eigenvalue weighted by Gasteiger charge is -2.13. The van der Waals surface area contributed by atoms with Crippen LogP contribution in [0.4, 0.5) is 8.78 Å². The third kappa shape index (κ3) is 4.31. The first kappa shape index (κ1) is 14.4. The van der Waals surface area contributed by atoms with Gasteiger partial charge >= 0.3 is 5.97 Å². The summed E-state index contributed by atoms with van der Waals surface area (Å²) in [4.78, 5) is 10.9. The fourth-order valence-corrected chi connectivity index (χ4v) is 1.56. The van der Waals surface area contributed by atoms with E-state index in [2.05, 4.69) is 0 Å². The van der Waals surface area contributed by atoms with E-state index < -0.39 is 24.4 Å². The van der Waals surface area contributed by atoms with E-state index in [0.29, 0.717) is 17.7 Å². The molecule has 0 spiro atoms. The smallest absolute Gasteiger partial charge is 0.310 e. The molecule has 0 heterocycles. The lowest BCUT2D eigenvalue weighted by atomic mass is 9.97. The van der Waals surface area contributed by atoms with Crippen LogP contribution >= 0.6 is 0 Å². The Kier molecular flexibility index (Phi) is 4.64. The molecule has 0 aliphatic carbocycles. The average Bonchev–Trinajstić information content (AvgIpc) is 2.27. The first-order chi connectivity index (χ1) is 8.33. The van der Waals surface area contributed by atoms with Gasteiger partial charge in [0.1, 0.15) is 5.75 Å². The largest absolute Gasteiger partial charge is 0.487 e. The SMILES string of the molecule is CCC(C(=O)O)c1ccc(OCC(C)(F)F)cc1. The second-order valence-electron chi connectivity index (χ2n) is 4.23. The van der Waals surface area contributed by atoms with Gasteiger partial charge in [-0.05, 0) is 24.1 Å². The molecule has 0 amide bonds. The number of benzene rings is 1. The average molecular weight is 258 g/mol. The van der Waals surface area contributed by atoms with Gasteiger partial charge in [0, 0.05) is 6.92 Å². The van der Waals surface area contributed by atoms with E-state index >= 15 is 0 Å². The molecule has 1 N–H and O–H groups in total. The molecule has 5 heteroatoms. The Morgan fingerprint density at radius 1 is 1.39 bits per heavy atom. The molecule has 100 valence electrons. The Bertz CT molecular complexity index is 396. The van der Waals surface area contributed by atoms with Crippen LogP contribution in [0.15, 0.2) is 24.3 Å². The summed E-state index contributed by atoms with van der Waals surface area (Å²) in [5.74, 6) is -4.05. The second kappa shape index (κ2) is 5.80. The second-order valence-corrected chi connectivity index (χ2v) is 4.23. The molecule has 1 unspecified atom stereocenters. The van der Waals surface area contributed by atoms with Gasteiger partial charge in [0.2, 0.25) is 0 Å². The molecule has 0 aromatic heterocycles. The van der Waals surface area contributed by atoms with Crippen LogP contribution in [0.25, 0.3) is 0 Å². The van der Waals surface area contributed by atoms with Crippen LogP contribution < -0.4 is 4.74 Å². The monoisotopic (exact) mass is 258 g/mol. The molecule has 0 aliphatic rings. The minimum absolute atomic E-state index is 0.306. The topological polar surface area (TPSA) is 46.5 Å². The van der Waals surface area contributed by atoms with E-state index in [-0.39, 0.29) is 0 Å². The van der Waals surface area contributed by atoms with Gasteiger partial charge in [-0.1, -0.05) is 19.1 Å². The fourth-order valence-electron chi connectivity index (χ4n) is 1.56. The van der Waals surface area contributed by atoms with Crippen LogP contribution in [0.1, 0.15) is 31.7 Å². The number of ether oxygens (including phenoxy) is 1. The zero-order chi connectivity index (χ0) is 13.8. The van der Waals surface area contributed by atoms with E-state index in [1.165, 1.54) is 12.1 Å². The third-order valence-electron chi connectivity index (χ3n) is 2.48. The summed E-state index contributed by atoms with van der Waals surface area (Å²) in [6.45, 7) is 1.86. The van der Waals surface area contributed by atoms with Crippen molar-refractivity contribution in [2.75, 3.05) is 6.61 Å². The zero-order valence-electron chi connectivity index (χ0n) is 10.3. The Labute approximate surface area is 104 Å². The van der Waals surface area contributed by atoms with Gasteiger partial charge in [0.25, 0.3) is 5.92 Å². The van der Waals surface area contributed by atoms with Crippen LogP contribution in [0.5, 0.6) is 5.75 Å². The number of carboxylic acid groups (broad SMARTS) is 1. The predicted molar refractivity (Wildman–Crippen MR) is 63.2 cm³/mol. The van der Waals surface area contributed by atoms with Crippen molar-refractivity contribution in [3.63, 3.8) is 0 Å². The summed E-state index contributed by atoms with van der Waals surface area (Å²) >= 11 is 0. The maximum absolute atomic E-state index is 12.6. The molecule has 1 rings (SSSR count). The van der Waals surface area contributed by atoms with Gasteiger partial charge in [0.15, 0.2) is 6.61 Å². The van der Waals surface area contributed by atoms with Crippen LogP contribution in [0, 0.1) is 0 Å². The maximum Gasteiger partial charge on any atom is 0.310 e. The van der Waals surface area contributed by atoms with E-state index in [9.17, 15) is 13.6 Å². The van der Waals surface area contributed by atoms with Crippen molar-refractivity contribution in [1.29, 1.82) is 0 Å². The summed E-state index contributed by atoms with van der Waals surface area (Å²) in [6.07, 6.45) is 0.475. The molecule has 18 heavy (non-hydrogen) atoms. The van der Waals surface area contributed by atoms with Crippen molar-refractivity contribution in [1.82, 2.24) is 0 Å². The van der Waals surface area contributed by atoms with Crippen LogP contribution in [0.2, 0.25) is 0 Å². The van der Waals surface area contributed by atoms with Crippen molar-refractivity contribution in [2.45, 2.75) is 32.1 Å². The van der Waals surface area contributed by atoms with Crippen molar-refractivity contribution < 1.29 is 23.4 Å². The fraction of sp³-hybridized carbons (Fsp3) is 0.462. The Balaban J connectivity index is 2.71. The Morgan fingerprint density at radius 2 is 1.94 bits per heavy atom. The molecule has 0 aliphatic heterocycles. The molecular formula is C13H16F2O3. The molecular weight excluding hydrogens is 242 g/mol. The Morgan fingerprint density at radius 3 is 2.33 bits per heavy atom. The normalized spacial score (nSPS) is 13.1. The standard InChI is InChI=1S/C13H16F2O3/c1-3-11(12(16)17)9-4-6-10(7-5-9)18-8-13(2,14)15/h4-7,11H,3,8H2,1-2H3,(H,16,17). The molecule has 0 bridgehead atoms. The van der Waals surface area contributed by atoms with Gasteiger partial charge in [-0.25, -0.2) is 8.78 Å². The third-order valence-corrected chi connectivity index (χ3v) is 2.48. The van der Waals surface area contributed by atoms with Crippen molar-refractivity contribution in [3.05, 3.63) is 29.8 Å². The number of alkyl halides is 2. The lowest BCUT2D eigenvalue weighted by molar-refractivity contribution is -0.138. The van der Waals surface area contributed by atoms with E-state index in [0.717, 1.165) is 6.92 Å². The summed E-state index contributed by atoms with van der Waals surface area (Å²) in [7, 11) is 0. The number of aliphatic carboxylic acids is 1.